The zero-order valence-corrected chi connectivity index (χ0v) is 13.9. The summed E-state index contributed by atoms with van der Waals surface area (Å²) in [5.74, 6) is 0.763. The molecule has 0 atom stereocenters. The molecule has 0 aliphatic rings. The number of pyridine rings is 1. The molecule has 0 amide bonds. The normalized spacial score (nSPS) is 10.6. The van der Waals surface area contributed by atoms with Gasteiger partial charge in [0, 0.05) is 18.0 Å². The van der Waals surface area contributed by atoms with Gasteiger partial charge in [0.15, 0.2) is 0 Å². The lowest BCUT2D eigenvalue weighted by atomic mass is 10.0. The number of hydrogen-bond acceptors (Lipinski definition) is 2. The molecule has 3 aromatic rings. The summed E-state index contributed by atoms with van der Waals surface area (Å²) in [5, 5.41) is 0. The Balaban J connectivity index is 2.21. The first-order chi connectivity index (χ1) is 10.8. The van der Waals surface area contributed by atoms with Crippen molar-refractivity contribution in [2.24, 2.45) is 0 Å². The highest BCUT2D eigenvalue weighted by Gasteiger charge is 2.08. The average Bonchev–Trinajstić information content (AvgIpc) is 2.58. The molecule has 0 unspecified atom stereocenters. The Morgan fingerprint density at radius 2 is 1.36 bits per heavy atom. The van der Waals surface area contributed by atoms with Crippen LogP contribution in [0.25, 0.3) is 22.4 Å². The minimum atomic E-state index is 0.763. The molecular weight excluding hydrogens is 306 g/mol. The van der Waals surface area contributed by atoms with Crippen LogP contribution in [-0.4, -0.2) is 10.3 Å². The summed E-state index contributed by atoms with van der Waals surface area (Å²) in [6.45, 7) is 0.807. The summed E-state index contributed by atoms with van der Waals surface area (Å²) in [4.78, 5) is 0. The van der Waals surface area contributed by atoms with Crippen LogP contribution in [0.2, 0.25) is 0 Å². The number of hydrogen-bond donors (Lipinski definition) is 1. The summed E-state index contributed by atoms with van der Waals surface area (Å²) in [6, 6.07) is 25.0. The van der Waals surface area contributed by atoms with E-state index in [2.05, 4.69) is 77.9 Å². The standard InChI is InChI=1S/C19H17NS2/c21-12-11-20-18(16-9-5-2-6-10-16)13-17(14-19(20)22)15-7-3-1-4-8-15/h1-10,13-14,21H,11-12H2. The van der Waals surface area contributed by atoms with Gasteiger partial charge in [-0.05, 0) is 28.8 Å². The lowest BCUT2D eigenvalue weighted by Gasteiger charge is -2.15. The third kappa shape index (κ3) is 3.16. The van der Waals surface area contributed by atoms with Crippen LogP contribution in [0.4, 0.5) is 0 Å². The molecule has 0 aliphatic carbocycles. The smallest absolute Gasteiger partial charge is 0.106 e. The van der Waals surface area contributed by atoms with Gasteiger partial charge in [0.05, 0.1) is 0 Å². The predicted octanol–water partition coefficient (Wildman–Crippen LogP) is 5.48. The molecular formula is C19H17NS2. The number of thiol groups is 1. The Labute approximate surface area is 141 Å². The van der Waals surface area contributed by atoms with Crippen molar-refractivity contribution in [3.63, 3.8) is 0 Å². The maximum absolute atomic E-state index is 5.62. The maximum Gasteiger partial charge on any atom is 0.106 e. The Kier molecular flexibility index (Phi) is 4.76. The fourth-order valence-corrected chi connectivity index (χ4v) is 3.09. The van der Waals surface area contributed by atoms with E-state index >= 15 is 0 Å². The summed E-state index contributed by atoms with van der Waals surface area (Å²) in [5.41, 5.74) is 4.65. The van der Waals surface area contributed by atoms with Gasteiger partial charge in [-0.1, -0.05) is 72.9 Å². The quantitative estimate of drug-likeness (QED) is 0.492. The Hall–Kier alpha value is -1.84. The third-order valence-electron chi connectivity index (χ3n) is 3.63. The van der Waals surface area contributed by atoms with E-state index in [1.54, 1.807) is 0 Å². The van der Waals surface area contributed by atoms with Crippen LogP contribution in [0.1, 0.15) is 0 Å². The third-order valence-corrected chi connectivity index (χ3v) is 4.17. The van der Waals surface area contributed by atoms with Gasteiger partial charge < -0.3 is 4.57 Å². The van der Waals surface area contributed by atoms with E-state index in [0.717, 1.165) is 28.2 Å². The summed E-state index contributed by atoms with van der Waals surface area (Å²) < 4.78 is 3.00. The Morgan fingerprint density at radius 3 is 1.95 bits per heavy atom. The SMILES string of the molecule is S=c1cc(-c2ccccc2)cc(-c2ccccc2)n1CCS. The number of nitrogens with zero attached hydrogens (tertiary/aromatic N) is 1. The lowest BCUT2D eigenvalue weighted by Crippen LogP contribution is -2.06. The van der Waals surface area contributed by atoms with E-state index in [1.165, 1.54) is 11.1 Å². The van der Waals surface area contributed by atoms with Crippen molar-refractivity contribution < 1.29 is 0 Å². The topological polar surface area (TPSA) is 4.93 Å². The molecule has 0 spiro atoms. The molecule has 3 heteroatoms. The van der Waals surface area contributed by atoms with E-state index in [4.69, 9.17) is 12.2 Å². The molecule has 0 radical (unpaired) electrons. The first kappa shape index (κ1) is 15.1. The zero-order valence-electron chi connectivity index (χ0n) is 12.1. The van der Waals surface area contributed by atoms with Gasteiger partial charge in [-0.3, -0.25) is 0 Å². The van der Waals surface area contributed by atoms with Crippen LogP contribution in [0, 0.1) is 4.64 Å². The van der Waals surface area contributed by atoms with Crippen LogP contribution >= 0.6 is 24.8 Å². The van der Waals surface area contributed by atoms with Crippen molar-refractivity contribution in [1.82, 2.24) is 4.57 Å². The number of rotatable bonds is 4. The molecule has 0 saturated carbocycles. The van der Waals surface area contributed by atoms with Crippen molar-refractivity contribution in [3.05, 3.63) is 77.4 Å². The maximum atomic E-state index is 5.62. The molecule has 3 rings (SSSR count). The minimum absolute atomic E-state index is 0.763. The van der Waals surface area contributed by atoms with Gasteiger partial charge in [-0.15, -0.1) is 0 Å². The molecule has 0 aliphatic heterocycles. The van der Waals surface area contributed by atoms with Gasteiger partial charge in [-0.2, -0.15) is 12.6 Å². The number of aromatic nitrogens is 1. The van der Waals surface area contributed by atoms with Gasteiger partial charge in [0.1, 0.15) is 4.64 Å². The summed E-state index contributed by atoms with van der Waals surface area (Å²) in [6.07, 6.45) is 0. The summed E-state index contributed by atoms with van der Waals surface area (Å²) >= 11 is 9.99. The molecule has 1 nitrogen and oxygen atoms in total. The van der Waals surface area contributed by atoms with Crippen molar-refractivity contribution >= 4 is 24.8 Å². The molecule has 0 fully saturated rings. The first-order valence-corrected chi connectivity index (χ1v) is 8.30. The van der Waals surface area contributed by atoms with Gasteiger partial charge in [-0.25, -0.2) is 0 Å². The van der Waals surface area contributed by atoms with Crippen molar-refractivity contribution in [2.75, 3.05) is 5.75 Å². The van der Waals surface area contributed by atoms with E-state index in [1.807, 2.05) is 12.1 Å². The second-order valence-corrected chi connectivity index (χ2v) is 5.94. The van der Waals surface area contributed by atoms with Crippen LogP contribution in [0.5, 0.6) is 0 Å². The molecule has 0 saturated heterocycles. The highest BCUT2D eigenvalue weighted by Crippen LogP contribution is 2.27. The zero-order chi connectivity index (χ0) is 15.4. The van der Waals surface area contributed by atoms with Crippen molar-refractivity contribution in [1.29, 1.82) is 0 Å². The Morgan fingerprint density at radius 1 is 0.773 bits per heavy atom. The highest BCUT2D eigenvalue weighted by molar-refractivity contribution is 7.80. The molecule has 1 heterocycles. The van der Waals surface area contributed by atoms with Crippen molar-refractivity contribution in [2.45, 2.75) is 6.54 Å². The van der Waals surface area contributed by atoms with E-state index in [-0.39, 0.29) is 0 Å². The van der Waals surface area contributed by atoms with Crippen LogP contribution in [0.3, 0.4) is 0 Å². The molecule has 0 N–H and O–H groups in total. The lowest BCUT2D eigenvalue weighted by molar-refractivity contribution is 0.764. The van der Waals surface area contributed by atoms with E-state index in [9.17, 15) is 0 Å². The summed E-state index contributed by atoms with van der Waals surface area (Å²) in [7, 11) is 0. The predicted molar refractivity (Wildman–Crippen MR) is 100.0 cm³/mol. The molecule has 1 aromatic heterocycles. The minimum Gasteiger partial charge on any atom is -0.331 e. The van der Waals surface area contributed by atoms with Crippen LogP contribution in [-0.2, 0) is 6.54 Å². The van der Waals surface area contributed by atoms with Crippen molar-refractivity contribution in [3.8, 4) is 22.4 Å². The average molecular weight is 323 g/mol. The van der Waals surface area contributed by atoms with Crippen LogP contribution in [0.15, 0.2) is 72.8 Å². The van der Waals surface area contributed by atoms with Crippen LogP contribution < -0.4 is 0 Å². The fraction of sp³-hybridized carbons (Fsp3) is 0.105. The van der Waals surface area contributed by atoms with Gasteiger partial charge >= 0.3 is 0 Å². The van der Waals surface area contributed by atoms with Gasteiger partial charge in [0.25, 0.3) is 0 Å². The van der Waals surface area contributed by atoms with Gasteiger partial charge in [0.2, 0.25) is 0 Å². The molecule has 0 bridgehead atoms. The fourth-order valence-electron chi connectivity index (χ4n) is 2.57. The largest absolute Gasteiger partial charge is 0.331 e. The highest BCUT2D eigenvalue weighted by atomic mass is 32.1. The Bertz CT molecular complexity index is 808. The molecule has 22 heavy (non-hydrogen) atoms. The first-order valence-electron chi connectivity index (χ1n) is 7.26. The molecule has 2 aromatic carbocycles. The second-order valence-electron chi connectivity index (χ2n) is 5.07. The monoisotopic (exact) mass is 323 g/mol. The number of benzene rings is 2. The second kappa shape index (κ2) is 6.95. The van der Waals surface area contributed by atoms with E-state index < -0.39 is 0 Å². The van der Waals surface area contributed by atoms with E-state index in [0.29, 0.717) is 0 Å². The molecule has 110 valence electrons.